The Morgan fingerprint density at radius 3 is 2.52 bits per heavy atom. The molecule has 0 aliphatic carbocycles. The van der Waals surface area contributed by atoms with Gasteiger partial charge in [-0.1, -0.05) is 42.5 Å². The average Bonchev–Trinajstić information content (AvgIpc) is 2.56. The number of rotatable bonds is 7. The minimum Gasteiger partial charge on any atom is -0.433 e. The number of alkyl halides is 2. The number of anilines is 1. The van der Waals surface area contributed by atoms with Crippen molar-refractivity contribution in [1.82, 2.24) is 5.32 Å². The van der Waals surface area contributed by atoms with Gasteiger partial charge in [-0.05, 0) is 43.9 Å². The summed E-state index contributed by atoms with van der Waals surface area (Å²) in [5, 5.41) is 5.42. The van der Waals surface area contributed by atoms with Gasteiger partial charge in [-0.2, -0.15) is 8.78 Å². The predicted octanol–water partition coefficient (Wildman–Crippen LogP) is 4.74. The van der Waals surface area contributed by atoms with Crippen molar-refractivity contribution in [3.8, 4) is 5.75 Å². The maximum absolute atomic E-state index is 12.5. The number of aryl methyl sites for hydroxylation is 2. The van der Waals surface area contributed by atoms with Crippen molar-refractivity contribution in [3.63, 3.8) is 0 Å². The molecule has 2 aromatic carbocycles. The Bertz CT molecular complexity index is 693. The minimum atomic E-state index is -2.95. The Morgan fingerprint density at radius 2 is 1.84 bits per heavy atom. The summed E-state index contributed by atoms with van der Waals surface area (Å²) in [5.74, 6) is -0.0536. The Morgan fingerprint density at radius 1 is 1.12 bits per heavy atom. The van der Waals surface area contributed by atoms with E-state index in [-0.39, 0.29) is 17.5 Å². The molecular formula is C19H22F2N2O2. The molecule has 134 valence electrons. The molecule has 6 heteroatoms. The number of benzene rings is 2. The summed E-state index contributed by atoms with van der Waals surface area (Å²) in [6.07, 6.45) is 1.61. The van der Waals surface area contributed by atoms with Crippen molar-refractivity contribution in [2.75, 3.05) is 5.32 Å². The quantitative estimate of drug-likeness (QED) is 0.759. The number of urea groups is 1. The summed E-state index contributed by atoms with van der Waals surface area (Å²) in [5.41, 5.74) is 2.09. The lowest BCUT2D eigenvalue weighted by atomic mass is 10.1. The number of carbonyl (C=O) groups is 1. The number of amides is 2. The summed E-state index contributed by atoms with van der Waals surface area (Å²) < 4.78 is 29.4. The van der Waals surface area contributed by atoms with Crippen LogP contribution in [0.2, 0.25) is 0 Å². The summed E-state index contributed by atoms with van der Waals surface area (Å²) in [7, 11) is 0. The normalized spacial score (nSPS) is 11.9. The standard InChI is InChI=1S/C19H22F2N2O2/c1-13-7-6-10-16(25-18(20)21)17(13)23-19(24)22-14(2)11-12-15-8-4-3-5-9-15/h3-10,14,18H,11-12H2,1-2H3,(H2,22,23,24). The van der Waals surface area contributed by atoms with E-state index < -0.39 is 12.6 Å². The molecule has 0 radical (unpaired) electrons. The van der Waals surface area contributed by atoms with Gasteiger partial charge in [0.25, 0.3) is 0 Å². The maximum atomic E-state index is 12.5. The Balaban J connectivity index is 1.91. The van der Waals surface area contributed by atoms with Crippen molar-refractivity contribution in [2.24, 2.45) is 0 Å². The van der Waals surface area contributed by atoms with E-state index in [0.717, 1.165) is 12.8 Å². The number of nitrogens with one attached hydrogen (secondary N) is 2. The third kappa shape index (κ3) is 6.06. The molecule has 1 unspecified atom stereocenters. The first-order valence-corrected chi connectivity index (χ1v) is 8.11. The second-order valence-corrected chi connectivity index (χ2v) is 5.85. The third-order valence-electron chi connectivity index (χ3n) is 3.78. The molecule has 4 nitrogen and oxygen atoms in total. The highest BCUT2D eigenvalue weighted by molar-refractivity contribution is 5.92. The Hall–Kier alpha value is -2.63. The van der Waals surface area contributed by atoms with Crippen LogP contribution in [0.15, 0.2) is 48.5 Å². The van der Waals surface area contributed by atoms with Gasteiger partial charge in [0, 0.05) is 6.04 Å². The van der Waals surface area contributed by atoms with Crippen LogP contribution in [-0.4, -0.2) is 18.7 Å². The van der Waals surface area contributed by atoms with Crippen LogP contribution in [0.5, 0.6) is 5.75 Å². The van der Waals surface area contributed by atoms with Crippen molar-refractivity contribution >= 4 is 11.7 Å². The van der Waals surface area contributed by atoms with Crippen molar-refractivity contribution in [3.05, 3.63) is 59.7 Å². The second-order valence-electron chi connectivity index (χ2n) is 5.85. The molecule has 0 spiro atoms. The zero-order valence-electron chi connectivity index (χ0n) is 14.3. The number of carbonyl (C=O) groups excluding carboxylic acids is 1. The van der Waals surface area contributed by atoms with E-state index in [0.29, 0.717) is 5.56 Å². The van der Waals surface area contributed by atoms with E-state index >= 15 is 0 Å². The Labute approximate surface area is 146 Å². The highest BCUT2D eigenvalue weighted by Crippen LogP contribution is 2.29. The molecule has 0 bridgehead atoms. The zero-order chi connectivity index (χ0) is 18.2. The predicted molar refractivity (Wildman–Crippen MR) is 94.2 cm³/mol. The van der Waals surface area contributed by atoms with Gasteiger partial charge < -0.3 is 15.4 Å². The fraction of sp³-hybridized carbons (Fsp3) is 0.316. The molecule has 0 fully saturated rings. The van der Waals surface area contributed by atoms with E-state index in [4.69, 9.17) is 0 Å². The highest BCUT2D eigenvalue weighted by atomic mass is 19.3. The van der Waals surface area contributed by atoms with E-state index in [9.17, 15) is 13.6 Å². The largest absolute Gasteiger partial charge is 0.433 e. The van der Waals surface area contributed by atoms with Gasteiger partial charge in [0.2, 0.25) is 0 Å². The molecule has 1 atom stereocenters. The lowest BCUT2D eigenvalue weighted by molar-refractivity contribution is -0.0493. The summed E-state index contributed by atoms with van der Waals surface area (Å²) in [6.45, 7) is 0.666. The van der Waals surface area contributed by atoms with E-state index in [2.05, 4.69) is 15.4 Å². The van der Waals surface area contributed by atoms with Gasteiger partial charge in [-0.15, -0.1) is 0 Å². The van der Waals surface area contributed by atoms with Crippen molar-refractivity contribution < 1.29 is 18.3 Å². The van der Waals surface area contributed by atoms with Crippen molar-refractivity contribution in [1.29, 1.82) is 0 Å². The molecule has 0 aliphatic heterocycles. The number of halogens is 2. The van der Waals surface area contributed by atoms with E-state index in [1.807, 2.05) is 37.3 Å². The van der Waals surface area contributed by atoms with Crippen LogP contribution >= 0.6 is 0 Å². The smallest absolute Gasteiger partial charge is 0.387 e. The van der Waals surface area contributed by atoms with E-state index in [1.54, 1.807) is 19.1 Å². The van der Waals surface area contributed by atoms with Crippen LogP contribution in [0.1, 0.15) is 24.5 Å². The fourth-order valence-electron chi connectivity index (χ4n) is 2.47. The first-order valence-electron chi connectivity index (χ1n) is 8.11. The first-order chi connectivity index (χ1) is 12.0. The molecular weight excluding hydrogens is 326 g/mol. The molecule has 0 heterocycles. The molecule has 2 rings (SSSR count). The van der Waals surface area contributed by atoms with E-state index in [1.165, 1.54) is 11.6 Å². The SMILES string of the molecule is Cc1cccc(OC(F)F)c1NC(=O)NC(C)CCc1ccccc1. The van der Waals surface area contributed by atoms with Gasteiger partial charge in [0.1, 0.15) is 5.75 Å². The molecule has 25 heavy (non-hydrogen) atoms. The zero-order valence-corrected chi connectivity index (χ0v) is 14.3. The molecule has 2 N–H and O–H groups in total. The van der Waals surface area contributed by atoms with Crippen LogP contribution in [-0.2, 0) is 6.42 Å². The van der Waals surface area contributed by atoms with Crippen LogP contribution in [0.4, 0.5) is 19.3 Å². The molecule has 0 saturated carbocycles. The minimum absolute atomic E-state index is 0.0536. The molecule has 2 amide bonds. The first kappa shape index (κ1) is 18.7. The maximum Gasteiger partial charge on any atom is 0.387 e. The summed E-state index contributed by atoms with van der Waals surface area (Å²) >= 11 is 0. The summed E-state index contributed by atoms with van der Waals surface area (Å²) in [6, 6.07) is 14.2. The molecule has 2 aromatic rings. The van der Waals surface area contributed by atoms with Gasteiger partial charge in [0.05, 0.1) is 5.69 Å². The average molecular weight is 348 g/mol. The number of hydrogen-bond donors (Lipinski definition) is 2. The van der Waals surface area contributed by atoms with Gasteiger partial charge in [-0.3, -0.25) is 0 Å². The van der Waals surface area contributed by atoms with Crippen LogP contribution in [0, 0.1) is 6.92 Å². The highest BCUT2D eigenvalue weighted by Gasteiger charge is 2.15. The van der Waals surface area contributed by atoms with Gasteiger partial charge >= 0.3 is 12.6 Å². The lowest BCUT2D eigenvalue weighted by Gasteiger charge is -2.17. The number of para-hydroxylation sites is 1. The topological polar surface area (TPSA) is 50.4 Å². The summed E-state index contributed by atoms with van der Waals surface area (Å²) in [4.78, 5) is 12.2. The Kier molecular flexibility index (Phi) is 6.74. The van der Waals surface area contributed by atoms with Gasteiger partial charge in [0.15, 0.2) is 0 Å². The van der Waals surface area contributed by atoms with Crippen LogP contribution < -0.4 is 15.4 Å². The van der Waals surface area contributed by atoms with Crippen LogP contribution in [0.3, 0.4) is 0 Å². The molecule has 0 aliphatic rings. The molecule has 0 aromatic heterocycles. The number of ether oxygens (including phenoxy) is 1. The van der Waals surface area contributed by atoms with Gasteiger partial charge in [-0.25, -0.2) is 4.79 Å². The van der Waals surface area contributed by atoms with Crippen LogP contribution in [0.25, 0.3) is 0 Å². The lowest BCUT2D eigenvalue weighted by Crippen LogP contribution is -2.36. The number of hydrogen-bond acceptors (Lipinski definition) is 2. The monoisotopic (exact) mass is 348 g/mol. The van der Waals surface area contributed by atoms with Crippen molar-refractivity contribution in [2.45, 2.75) is 39.3 Å². The second kappa shape index (κ2) is 9.01. The third-order valence-corrected chi connectivity index (χ3v) is 3.78. The fourth-order valence-corrected chi connectivity index (χ4v) is 2.47. The molecule has 0 saturated heterocycles.